The van der Waals surface area contributed by atoms with Crippen molar-refractivity contribution in [3.05, 3.63) is 20.8 Å². The van der Waals surface area contributed by atoms with Gasteiger partial charge in [-0.2, -0.15) is 13.2 Å². The molecule has 0 spiro atoms. The third-order valence-corrected chi connectivity index (χ3v) is 4.31. The first-order valence-electron chi connectivity index (χ1n) is 6.19. The molecule has 0 amide bonds. The molecule has 0 unspecified atom stereocenters. The van der Waals surface area contributed by atoms with E-state index >= 15 is 0 Å². The summed E-state index contributed by atoms with van der Waals surface area (Å²) in [6, 6.07) is 0. The molecule has 1 aromatic heterocycles. The van der Waals surface area contributed by atoms with E-state index in [4.69, 9.17) is 34.8 Å². The van der Waals surface area contributed by atoms with Crippen molar-refractivity contribution in [3.63, 3.8) is 0 Å². The molecule has 1 aliphatic rings. The Hall–Kier alpha value is -0.390. The zero-order valence-corrected chi connectivity index (χ0v) is 12.7. The summed E-state index contributed by atoms with van der Waals surface area (Å²) in [4.78, 5) is 5.66. The van der Waals surface area contributed by atoms with Gasteiger partial charge in [0.2, 0.25) is 0 Å². The largest absolute Gasteiger partial charge is 0.420 e. The van der Waals surface area contributed by atoms with Crippen molar-refractivity contribution >= 4 is 40.6 Å². The van der Waals surface area contributed by atoms with Crippen LogP contribution in [0.2, 0.25) is 15.2 Å². The lowest BCUT2D eigenvalue weighted by atomic mass is 10.2. The highest BCUT2D eigenvalue weighted by atomic mass is 35.5. The fourth-order valence-electron chi connectivity index (χ4n) is 2.23. The average Bonchev–Trinajstić information content (AvgIpc) is 2.60. The molecule has 0 N–H and O–H groups in total. The van der Waals surface area contributed by atoms with Crippen LogP contribution in [0, 0.1) is 0 Å². The highest BCUT2D eigenvalue weighted by molar-refractivity contribution is 6.45. The molecule has 8 heteroatoms. The van der Waals surface area contributed by atoms with Crippen molar-refractivity contribution in [2.75, 3.05) is 18.0 Å². The van der Waals surface area contributed by atoms with Gasteiger partial charge in [-0.15, -0.1) is 0 Å². The maximum Gasteiger partial charge on any atom is 0.420 e. The number of anilines is 1. The number of pyridine rings is 1. The third kappa shape index (κ3) is 3.26. The lowest BCUT2D eigenvalue weighted by molar-refractivity contribution is -0.137. The lowest BCUT2D eigenvalue weighted by Gasteiger charge is -2.24. The minimum absolute atomic E-state index is 0.190. The lowest BCUT2D eigenvalue weighted by Crippen LogP contribution is -2.26. The molecule has 112 valence electrons. The zero-order valence-electron chi connectivity index (χ0n) is 10.4. The van der Waals surface area contributed by atoms with Crippen LogP contribution in [0.5, 0.6) is 0 Å². The van der Waals surface area contributed by atoms with E-state index < -0.39 is 21.9 Å². The molecule has 0 bridgehead atoms. The Kier molecular flexibility index (Phi) is 4.92. The van der Waals surface area contributed by atoms with E-state index in [1.54, 1.807) is 0 Å². The van der Waals surface area contributed by atoms with Crippen molar-refractivity contribution in [1.29, 1.82) is 0 Å². The van der Waals surface area contributed by atoms with Crippen LogP contribution >= 0.6 is 34.8 Å². The topological polar surface area (TPSA) is 16.1 Å². The molecular weight excluding hydrogens is 335 g/mol. The highest BCUT2D eigenvalue weighted by Gasteiger charge is 2.39. The van der Waals surface area contributed by atoms with Crippen LogP contribution in [-0.2, 0) is 6.18 Å². The van der Waals surface area contributed by atoms with E-state index in [-0.39, 0.29) is 10.8 Å². The van der Waals surface area contributed by atoms with Crippen LogP contribution in [0.15, 0.2) is 0 Å². The number of alkyl halides is 3. The number of hydrogen-bond acceptors (Lipinski definition) is 2. The van der Waals surface area contributed by atoms with E-state index in [2.05, 4.69) is 4.98 Å². The molecule has 0 atom stereocenters. The highest BCUT2D eigenvalue weighted by Crippen LogP contribution is 2.45. The monoisotopic (exact) mass is 346 g/mol. The molecule has 2 rings (SSSR count). The smallest absolute Gasteiger partial charge is 0.355 e. The molecule has 0 aliphatic carbocycles. The number of halogens is 6. The van der Waals surface area contributed by atoms with Gasteiger partial charge in [0.15, 0.2) is 5.82 Å². The maximum atomic E-state index is 12.8. The Morgan fingerprint density at radius 1 is 0.900 bits per heavy atom. The van der Waals surface area contributed by atoms with Gasteiger partial charge >= 0.3 is 6.18 Å². The Bertz CT molecular complexity index is 498. The van der Waals surface area contributed by atoms with Gasteiger partial charge in [-0.25, -0.2) is 4.98 Å². The van der Waals surface area contributed by atoms with E-state index in [0.29, 0.717) is 13.1 Å². The molecule has 0 radical (unpaired) electrons. The standard InChI is InChI=1S/C12H12Cl3F3N2/c13-8-7(12(16,17)18)10(15)19-11(9(8)14)20-5-3-1-2-4-6-20/h1-6H2. The van der Waals surface area contributed by atoms with Crippen LogP contribution < -0.4 is 4.90 Å². The summed E-state index contributed by atoms with van der Waals surface area (Å²) >= 11 is 17.4. The summed E-state index contributed by atoms with van der Waals surface area (Å²) < 4.78 is 38.5. The number of nitrogens with zero attached hydrogens (tertiary/aromatic N) is 2. The fourth-order valence-corrected chi connectivity index (χ4v) is 3.10. The van der Waals surface area contributed by atoms with Crippen molar-refractivity contribution in [3.8, 4) is 0 Å². The van der Waals surface area contributed by atoms with Gasteiger partial charge in [0.25, 0.3) is 0 Å². The Morgan fingerprint density at radius 2 is 1.45 bits per heavy atom. The fraction of sp³-hybridized carbons (Fsp3) is 0.583. The summed E-state index contributed by atoms with van der Waals surface area (Å²) in [6.07, 6.45) is -0.642. The van der Waals surface area contributed by atoms with Crippen LogP contribution in [0.1, 0.15) is 31.2 Å². The predicted molar refractivity (Wildman–Crippen MR) is 75.0 cm³/mol. The van der Waals surface area contributed by atoms with E-state index in [1.807, 2.05) is 4.90 Å². The molecule has 0 saturated carbocycles. The Balaban J connectivity index is 2.46. The summed E-state index contributed by atoms with van der Waals surface area (Å²) in [6.45, 7) is 1.37. The first kappa shape index (κ1) is 16.0. The number of rotatable bonds is 1. The second-order valence-corrected chi connectivity index (χ2v) is 5.74. The molecule has 1 aliphatic heterocycles. The van der Waals surface area contributed by atoms with Crippen LogP contribution in [0.3, 0.4) is 0 Å². The summed E-state index contributed by atoms with van der Waals surface area (Å²) in [5.74, 6) is 0.233. The second kappa shape index (κ2) is 6.16. The summed E-state index contributed by atoms with van der Waals surface area (Å²) in [5.41, 5.74) is -1.18. The minimum Gasteiger partial charge on any atom is -0.355 e. The van der Waals surface area contributed by atoms with Gasteiger partial charge < -0.3 is 4.90 Å². The quantitative estimate of drug-likeness (QED) is 0.629. The minimum atomic E-state index is -4.68. The van der Waals surface area contributed by atoms with Crippen LogP contribution in [0.4, 0.5) is 19.0 Å². The van der Waals surface area contributed by atoms with Gasteiger partial charge in [-0.3, -0.25) is 0 Å². The van der Waals surface area contributed by atoms with Crippen molar-refractivity contribution in [1.82, 2.24) is 4.98 Å². The Morgan fingerprint density at radius 3 is 1.95 bits per heavy atom. The summed E-state index contributed by atoms with van der Waals surface area (Å²) in [7, 11) is 0. The number of aromatic nitrogens is 1. The van der Waals surface area contributed by atoms with Crippen molar-refractivity contribution in [2.24, 2.45) is 0 Å². The van der Waals surface area contributed by atoms with Crippen molar-refractivity contribution < 1.29 is 13.2 Å². The second-order valence-electron chi connectivity index (χ2n) is 4.63. The predicted octanol–water partition coefficient (Wildman–Crippen LogP) is 5.44. The maximum absolute atomic E-state index is 12.8. The third-order valence-electron chi connectivity index (χ3n) is 3.21. The first-order valence-corrected chi connectivity index (χ1v) is 7.32. The van der Waals surface area contributed by atoms with Gasteiger partial charge in [0.05, 0.1) is 5.02 Å². The van der Waals surface area contributed by atoms with Crippen LogP contribution in [0.25, 0.3) is 0 Å². The van der Waals surface area contributed by atoms with Gasteiger partial charge in [0.1, 0.15) is 15.7 Å². The molecule has 20 heavy (non-hydrogen) atoms. The van der Waals surface area contributed by atoms with E-state index in [9.17, 15) is 13.2 Å². The number of hydrogen-bond donors (Lipinski definition) is 0. The van der Waals surface area contributed by atoms with Crippen LogP contribution in [-0.4, -0.2) is 18.1 Å². The SMILES string of the molecule is FC(F)(F)c1c(Cl)nc(N2CCCCCC2)c(Cl)c1Cl. The molecular formula is C12H12Cl3F3N2. The van der Waals surface area contributed by atoms with E-state index in [1.165, 1.54) is 0 Å². The van der Waals surface area contributed by atoms with Gasteiger partial charge in [-0.1, -0.05) is 47.6 Å². The molecule has 1 aromatic rings. The first-order chi connectivity index (χ1) is 9.32. The molecule has 2 heterocycles. The molecule has 0 aromatic carbocycles. The normalized spacial score (nSPS) is 17.2. The molecule has 1 saturated heterocycles. The van der Waals surface area contributed by atoms with Gasteiger partial charge in [0, 0.05) is 13.1 Å². The molecule has 1 fully saturated rings. The van der Waals surface area contributed by atoms with E-state index in [0.717, 1.165) is 25.7 Å². The Labute approximate surface area is 129 Å². The van der Waals surface area contributed by atoms with Crippen molar-refractivity contribution in [2.45, 2.75) is 31.9 Å². The molecule has 2 nitrogen and oxygen atoms in total. The van der Waals surface area contributed by atoms with Gasteiger partial charge in [-0.05, 0) is 12.8 Å². The summed E-state index contributed by atoms with van der Waals surface area (Å²) in [5, 5.41) is -1.44. The average molecular weight is 348 g/mol. The zero-order chi connectivity index (χ0) is 14.9.